The summed E-state index contributed by atoms with van der Waals surface area (Å²) in [6.45, 7) is 0.815. The van der Waals surface area contributed by atoms with Crippen molar-refractivity contribution in [3.05, 3.63) is 59.9 Å². The summed E-state index contributed by atoms with van der Waals surface area (Å²) >= 11 is 0. The van der Waals surface area contributed by atoms with Gasteiger partial charge in [0.1, 0.15) is 11.6 Å². The smallest absolute Gasteiger partial charge is 0.321 e. The Morgan fingerprint density at radius 1 is 1.13 bits per heavy atom. The minimum absolute atomic E-state index is 0.00581. The van der Waals surface area contributed by atoms with Crippen molar-refractivity contribution < 1.29 is 18.4 Å². The molecule has 156 valence electrons. The van der Waals surface area contributed by atoms with Crippen LogP contribution in [0.4, 0.5) is 19.3 Å². The van der Waals surface area contributed by atoms with Crippen molar-refractivity contribution in [3.8, 4) is 0 Å². The molecule has 3 fully saturated rings. The number of halogens is 2. The predicted octanol–water partition coefficient (Wildman–Crippen LogP) is 3.72. The van der Waals surface area contributed by atoms with E-state index in [1.54, 1.807) is 11.1 Å². The first-order valence-corrected chi connectivity index (χ1v) is 10.2. The molecule has 1 aromatic heterocycles. The average Bonchev–Trinajstić information content (AvgIpc) is 3.56. The SMILES string of the molecule is O=C(Nc1cc(F)cc(F)c1)N1CCC2(CC1)C(=O)N(C1CC1)C2c1cccnc1. The topological polar surface area (TPSA) is 65.5 Å². The number of carbonyl (C=O) groups excluding carboxylic acids is 2. The molecular weight excluding hydrogens is 390 g/mol. The maximum atomic E-state index is 13.4. The minimum atomic E-state index is -0.748. The van der Waals surface area contributed by atoms with Crippen LogP contribution in [-0.2, 0) is 4.79 Å². The zero-order valence-corrected chi connectivity index (χ0v) is 16.4. The lowest BCUT2D eigenvalue weighted by Crippen LogP contribution is -2.67. The summed E-state index contributed by atoms with van der Waals surface area (Å²) in [5, 5.41) is 2.55. The number of benzene rings is 1. The van der Waals surface area contributed by atoms with Crippen molar-refractivity contribution in [3.63, 3.8) is 0 Å². The van der Waals surface area contributed by atoms with Gasteiger partial charge >= 0.3 is 6.03 Å². The highest BCUT2D eigenvalue weighted by Gasteiger charge is 2.64. The molecule has 2 aromatic rings. The first-order valence-electron chi connectivity index (χ1n) is 10.2. The Bertz CT molecular complexity index is 968. The van der Waals surface area contributed by atoms with Crippen LogP contribution in [0.3, 0.4) is 0 Å². The molecule has 1 aromatic carbocycles. The van der Waals surface area contributed by atoms with Gasteiger partial charge in [-0.05, 0) is 49.4 Å². The number of hydrogen-bond donors (Lipinski definition) is 1. The van der Waals surface area contributed by atoms with E-state index < -0.39 is 23.1 Å². The fraction of sp³-hybridized carbons (Fsp3) is 0.409. The molecule has 3 aliphatic rings. The fourth-order valence-electron chi connectivity index (χ4n) is 4.86. The average molecular weight is 412 g/mol. The molecule has 3 amide bonds. The molecule has 5 rings (SSSR count). The summed E-state index contributed by atoms with van der Waals surface area (Å²) in [6, 6.07) is 6.70. The standard InChI is InChI=1S/C22H22F2N4O2/c23-15-10-16(24)12-17(11-15)26-21(30)27-8-5-22(6-9-27)19(14-2-1-7-25-13-14)28(20(22)29)18-3-4-18/h1-2,7,10-13,18-19H,3-6,8-9H2,(H,26,30). The molecular formula is C22H22F2N4O2. The van der Waals surface area contributed by atoms with Gasteiger partial charge in [0, 0.05) is 43.3 Å². The van der Waals surface area contributed by atoms with Crippen molar-refractivity contribution >= 4 is 17.6 Å². The minimum Gasteiger partial charge on any atom is -0.331 e. The molecule has 0 bridgehead atoms. The quantitative estimate of drug-likeness (QED) is 0.782. The van der Waals surface area contributed by atoms with E-state index in [2.05, 4.69) is 10.3 Å². The van der Waals surface area contributed by atoms with Crippen LogP contribution in [0, 0.1) is 17.0 Å². The van der Waals surface area contributed by atoms with Gasteiger partial charge in [-0.3, -0.25) is 9.78 Å². The van der Waals surface area contributed by atoms with Crippen molar-refractivity contribution in [2.24, 2.45) is 5.41 Å². The van der Waals surface area contributed by atoms with E-state index in [-0.39, 0.29) is 17.6 Å². The van der Waals surface area contributed by atoms with Crippen LogP contribution < -0.4 is 5.32 Å². The molecule has 8 heteroatoms. The van der Waals surface area contributed by atoms with Crippen LogP contribution >= 0.6 is 0 Å². The Morgan fingerprint density at radius 2 is 1.83 bits per heavy atom. The monoisotopic (exact) mass is 412 g/mol. The van der Waals surface area contributed by atoms with E-state index in [0.29, 0.717) is 32.0 Å². The van der Waals surface area contributed by atoms with Gasteiger partial charge in [0.15, 0.2) is 0 Å². The molecule has 6 nitrogen and oxygen atoms in total. The van der Waals surface area contributed by atoms with E-state index in [4.69, 9.17) is 0 Å². The third-order valence-corrected chi connectivity index (χ3v) is 6.46. The van der Waals surface area contributed by atoms with Gasteiger partial charge in [0.2, 0.25) is 5.91 Å². The highest BCUT2D eigenvalue weighted by Crippen LogP contribution is 2.59. The van der Waals surface area contributed by atoms with Crippen LogP contribution in [0.2, 0.25) is 0 Å². The van der Waals surface area contributed by atoms with Gasteiger partial charge in [-0.15, -0.1) is 0 Å². The second-order valence-corrected chi connectivity index (χ2v) is 8.36. The number of anilines is 1. The lowest BCUT2D eigenvalue weighted by atomic mass is 9.62. The molecule has 30 heavy (non-hydrogen) atoms. The summed E-state index contributed by atoms with van der Waals surface area (Å²) in [7, 11) is 0. The molecule has 1 saturated carbocycles. The summed E-state index contributed by atoms with van der Waals surface area (Å²) in [4.78, 5) is 33.6. The molecule has 2 aliphatic heterocycles. The maximum absolute atomic E-state index is 13.4. The number of carbonyl (C=O) groups is 2. The van der Waals surface area contributed by atoms with Crippen LogP contribution in [0.5, 0.6) is 0 Å². The fourth-order valence-corrected chi connectivity index (χ4v) is 4.86. The number of pyridine rings is 1. The number of aromatic nitrogens is 1. The van der Waals surface area contributed by atoms with E-state index in [0.717, 1.165) is 36.6 Å². The van der Waals surface area contributed by atoms with Crippen LogP contribution in [-0.4, -0.2) is 45.9 Å². The van der Waals surface area contributed by atoms with Crippen molar-refractivity contribution in [2.75, 3.05) is 18.4 Å². The number of hydrogen-bond acceptors (Lipinski definition) is 3. The van der Waals surface area contributed by atoms with E-state index in [1.165, 1.54) is 0 Å². The van der Waals surface area contributed by atoms with Crippen LogP contribution in [0.15, 0.2) is 42.7 Å². The number of piperidine rings is 1. The zero-order valence-electron chi connectivity index (χ0n) is 16.4. The van der Waals surface area contributed by atoms with Crippen molar-refractivity contribution in [1.29, 1.82) is 0 Å². The lowest BCUT2D eigenvalue weighted by molar-refractivity contribution is -0.181. The van der Waals surface area contributed by atoms with Crippen molar-refractivity contribution in [2.45, 2.75) is 37.8 Å². The molecule has 3 heterocycles. The zero-order chi connectivity index (χ0) is 20.9. The van der Waals surface area contributed by atoms with Crippen molar-refractivity contribution in [1.82, 2.24) is 14.8 Å². The highest BCUT2D eigenvalue weighted by molar-refractivity contribution is 5.93. The highest BCUT2D eigenvalue weighted by atomic mass is 19.1. The first kappa shape index (κ1) is 19.0. The van der Waals surface area contributed by atoms with Gasteiger partial charge in [0.05, 0.1) is 11.5 Å². The van der Waals surface area contributed by atoms with Gasteiger partial charge in [-0.25, -0.2) is 13.6 Å². The molecule has 1 N–H and O–H groups in total. The molecule has 1 unspecified atom stereocenters. The number of amides is 3. The number of urea groups is 1. The molecule has 0 radical (unpaired) electrons. The molecule has 1 spiro atoms. The normalized spacial score (nSPS) is 22.7. The molecule has 1 aliphatic carbocycles. The Labute approximate surface area is 172 Å². The maximum Gasteiger partial charge on any atom is 0.321 e. The molecule has 1 atom stereocenters. The van der Waals surface area contributed by atoms with Gasteiger partial charge in [-0.2, -0.15) is 0 Å². The van der Waals surface area contributed by atoms with E-state index in [9.17, 15) is 18.4 Å². The summed E-state index contributed by atoms with van der Waals surface area (Å²) in [5.41, 5.74) is 0.607. The number of nitrogens with one attached hydrogen (secondary N) is 1. The van der Waals surface area contributed by atoms with E-state index in [1.807, 2.05) is 23.2 Å². The predicted molar refractivity (Wildman–Crippen MR) is 105 cm³/mol. The Morgan fingerprint density at radius 3 is 2.43 bits per heavy atom. The third kappa shape index (κ3) is 3.11. The molecule has 2 saturated heterocycles. The Hall–Kier alpha value is -3.03. The first-order chi connectivity index (χ1) is 14.5. The number of rotatable bonds is 3. The second kappa shape index (κ2) is 7.04. The number of β-lactam (4-membered cyclic amide) rings is 1. The van der Waals surface area contributed by atoms with E-state index >= 15 is 0 Å². The second-order valence-electron chi connectivity index (χ2n) is 8.36. The lowest BCUT2D eigenvalue weighted by Gasteiger charge is -2.59. The van der Waals surface area contributed by atoms with Gasteiger partial charge < -0.3 is 15.1 Å². The van der Waals surface area contributed by atoms with Crippen LogP contribution in [0.1, 0.15) is 37.3 Å². The van der Waals surface area contributed by atoms with Crippen LogP contribution in [0.25, 0.3) is 0 Å². The largest absolute Gasteiger partial charge is 0.331 e. The summed E-state index contributed by atoms with van der Waals surface area (Å²) in [6.07, 6.45) is 6.74. The Kier molecular flexibility index (Phi) is 4.45. The summed E-state index contributed by atoms with van der Waals surface area (Å²) < 4.78 is 26.8. The van der Waals surface area contributed by atoms with Gasteiger partial charge in [0.25, 0.3) is 0 Å². The summed E-state index contributed by atoms with van der Waals surface area (Å²) in [5.74, 6) is -1.32. The number of likely N-dealkylation sites (tertiary alicyclic amines) is 2. The number of nitrogens with zero attached hydrogens (tertiary/aromatic N) is 3. The Balaban J connectivity index is 1.30. The van der Waals surface area contributed by atoms with Gasteiger partial charge in [-0.1, -0.05) is 6.07 Å². The third-order valence-electron chi connectivity index (χ3n) is 6.46.